The van der Waals surface area contributed by atoms with Crippen LogP contribution in [0.2, 0.25) is 0 Å². The fourth-order valence-electron chi connectivity index (χ4n) is 3.62. The maximum absolute atomic E-state index is 14.0. The molecule has 3 aromatic rings. The molecule has 1 fully saturated rings. The molecule has 32 heavy (non-hydrogen) atoms. The number of benzene rings is 1. The normalized spacial score (nSPS) is 19.1. The average Bonchev–Trinajstić information content (AvgIpc) is 3.29. The molecule has 1 aliphatic heterocycles. The van der Waals surface area contributed by atoms with Gasteiger partial charge in [0.25, 0.3) is 5.91 Å². The van der Waals surface area contributed by atoms with Gasteiger partial charge in [-0.15, -0.1) is 0 Å². The summed E-state index contributed by atoms with van der Waals surface area (Å²) in [5, 5.41) is 0. The molecule has 1 amide bonds. The summed E-state index contributed by atoms with van der Waals surface area (Å²) < 4.78 is 63.0. The average molecular weight is 450 g/mol. The van der Waals surface area contributed by atoms with Gasteiger partial charge in [0, 0.05) is 6.54 Å². The molecule has 0 N–H and O–H groups in total. The quantitative estimate of drug-likeness (QED) is 0.550. The first-order valence-electron chi connectivity index (χ1n) is 9.80. The lowest BCUT2D eigenvalue weighted by Gasteiger charge is -2.39. The third-order valence-corrected chi connectivity index (χ3v) is 5.24. The van der Waals surface area contributed by atoms with Crippen LogP contribution in [-0.2, 0) is 6.18 Å². The number of likely N-dealkylation sites (tertiary alicyclic amines) is 1. The molecule has 0 radical (unpaired) electrons. The smallest absolute Gasteiger partial charge is 0.434 e. The van der Waals surface area contributed by atoms with Crippen LogP contribution in [0.5, 0.6) is 5.88 Å². The second kappa shape index (κ2) is 8.56. The minimum Gasteiger partial charge on any atom is -0.471 e. The van der Waals surface area contributed by atoms with Crippen molar-refractivity contribution in [2.75, 3.05) is 6.54 Å². The van der Waals surface area contributed by atoms with Crippen LogP contribution in [0.15, 0.2) is 47.5 Å². The second-order valence-corrected chi connectivity index (χ2v) is 7.30. The number of hydrogen-bond donors (Lipinski definition) is 0. The molecule has 11 heteroatoms. The van der Waals surface area contributed by atoms with Crippen LogP contribution in [0.25, 0.3) is 11.5 Å². The molecule has 0 saturated carbocycles. The Balaban J connectivity index is 1.54. The third kappa shape index (κ3) is 4.41. The van der Waals surface area contributed by atoms with Crippen LogP contribution in [-0.4, -0.2) is 44.4 Å². The highest BCUT2D eigenvalue weighted by Crippen LogP contribution is 2.30. The first-order chi connectivity index (χ1) is 15.2. The number of rotatable bonds is 4. The Morgan fingerprint density at radius 2 is 2.03 bits per heavy atom. The highest BCUT2D eigenvalue weighted by Gasteiger charge is 2.36. The van der Waals surface area contributed by atoms with Gasteiger partial charge in [-0.05, 0) is 38.0 Å². The monoisotopic (exact) mass is 450 g/mol. The Bertz CT molecular complexity index is 1090. The van der Waals surface area contributed by atoms with Gasteiger partial charge in [0.1, 0.15) is 18.2 Å². The second-order valence-electron chi connectivity index (χ2n) is 7.30. The van der Waals surface area contributed by atoms with Crippen LogP contribution >= 0.6 is 0 Å². The number of nitrogens with zero attached hydrogens (tertiary/aromatic N) is 4. The number of carbonyl (C=O) groups excluding carboxylic acids is 1. The van der Waals surface area contributed by atoms with Crippen molar-refractivity contribution in [3.8, 4) is 17.3 Å². The van der Waals surface area contributed by atoms with E-state index in [1.807, 2.05) is 0 Å². The molecule has 1 aliphatic rings. The zero-order chi connectivity index (χ0) is 22.9. The number of hydrogen-bond acceptors (Lipinski definition) is 6. The predicted molar refractivity (Wildman–Crippen MR) is 103 cm³/mol. The van der Waals surface area contributed by atoms with Gasteiger partial charge in [0.15, 0.2) is 5.69 Å². The van der Waals surface area contributed by atoms with Crippen molar-refractivity contribution in [2.24, 2.45) is 0 Å². The van der Waals surface area contributed by atoms with Gasteiger partial charge in [-0.25, -0.2) is 19.3 Å². The van der Waals surface area contributed by atoms with Gasteiger partial charge in [-0.3, -0.25) is 4.79 Å². The maximum atomic E-state index is 14.0. The number of ether oxygens (including phenoxy) is 1. The fourth-order valence-corrected chi connectivity index (χ4v) is 3.62. The van der Waals surface area contributed by atoms with Crippen LogP contribution in [0.4, 0.5) is 17.6 Å². The van der Waals surface area contributed by atoms with E-state index < -0.39 is 35.7 Å². The summed E-state index contributed by atoms with van der Waals surface area (Å²) in [5.74, 6) is -0.903. The number of aromatic nitrogens is 3. The Hall–Kier alpha value is -3.50. The summed E-state index contributed by atoms with van der Waals surface area (Å²) in [7, 11) is 0. The summed E-state index contributed by atoms with van der Waals surface area (Å²) in [4.78, 5) is 25.9. The van der Waals surface area contributed by atoms with Crippen LogP contribution < -0.4 is 4.74 Å². The highest BCUT2D eigenvalue weighted by atomic mass is 19.4. The molecular weight excluding hydrogens is 432 g/mol. The molecule has 168 valence electrons. The van der Waals surface area contributed by atoms with E-state index in [-0.39, 0.29) is 17.3 Å². The van der Waals surface area contributed by atoms with E-state index in [4.69, 9.17) is 9.15 Å². The number of carbonyl (C=O) groups is 1. The summed E-state index contributed by atoms with van der Waals surface area (Å²) in [6.07, 6.45) is 0.291. The van der Waals surface area contributed by atoms with Crippen molar-refractivity contribution in [1.29, 1.82) is 0 Å². The van der Waals surface area contributed by atoms with E-state index in [0.717, 1.165) is 12.3 Å². The maximum Gasteiger partial charge on any atom is 0.434 e. The number of amides is 1. The summed E-state index contributed by atoms with van der Waals surface area (Å²) in [6.45, 7) is 2.16. The Morgan fingerprint density at radius 3 is 2.69 bits per heavy atom. The lowest BCUT2D eigenvalue weighted by atomic mass is 9.97. The van der Waals surface area contributed by atoms with E-state index >= 15 is 0 Å². The zero-order valence-electron chi connectivity index (χ0n) is 16.8. The van der Waals surface area contributed by atoms with E-state index in [9.17, 15) is 22.4 Å². The van der Waals surface area contributed by atoms with E-state index in [1.165, 1.54) is 29.5 Å². The van der Waals surface area contributed by atoms with Gasteiger partial charge in [-0.2, -0.15) is 13.2 Å². The standard InChI is InChI=1S/C21H18F4N4O3/c1-12-16(32-18-11-27-17(10-28-18)21(23,24)25)3-2-7-29(12)20(30)15-9-13(22)4-5-14(15)19-26-6-8-31-19/h4-6,8-12,16H,2-3,7H2,1H3. The van der Waals surface area contributed by atoms with Gasteiger partial charge >= 0.3 is 6.18 Å². The number of piperidine rings is 1. The van der Waals surface area contributed by atoms with Crippen molar-refractivity contribution in [3.05, 3.63) is 60.1 Å². The van der Waals surface area contributed by atoms with Crippen molar-refractivity contribution in [3.63, 3.8) is 0 Å². The SMILES string of the molecule is CC1C(Oc2cnc(C(F)(F)F)cn2)CCCN1C(=O)c1cc(F)ccc1-c1ncco1. The number of alkyl halides is 3. The molecule has 4 rings (SSSR count). The van der Waals surface area contributed by atoms with E-state index in [1.54, 1.807) is 6.92 Å². The largest absolute Gasteiger partial charge is 0.471 e. The molecule has 1 aromatic carbocycles. The van der Waals surface area contributed by atoms with Crippen LogP contribution in [0, 0.1) is 5.82 Å². The fraction of sp³-hybridized carbons (Fsp3) is 0.333. The van der Waals surface area contributed by atoms with Crippen LogP contribution in [0.3, 0.4) is 0 Å². The Kier molecular flexibility index (Phi) is 5.81. The first-order valence-corrected chi connectivity index (χ1v) is 9.80. The van der Waals surface area contributed by atoms with Gasteiger partial charge < -0.3 is 14.1 Å². The molecule has 0 spiro atoms. The van der Waals surface area contributed by atoms with Crippen molar-refractivity contribution in [1.82, 2.24) is 19.9 Å². The van der Waals surface area contributed by atoms with Gasteiger partial charge in [-0.1, -0.05) is 0 Å². The summed E-state index contributed by atoms with van der Waals surface area (Å²) in [6, 6.07) is 3.31. The van der Waals surface area contributed by atoms with Gasteiger partial charge in [0.05, 0.1) is 35.8 Å². The Morgan fingerprint density at radius 1 is 1.22 bits per heavy atom. The highest BCUT2D eigenvalue weighted by molar-refractivity contribution is 6.00. The summed E-state index contributed by atoms with van der Waals surface area (Å²) in [5.41, 5.74) is -0.678. The van der Waals surface area contributed by atoms with Crippen molar-refractivity contribution in [2.45, 2.75) is 38.1 Å². The molecular formula is C21H18F4N4O3. The van der Waals surface area contributed by atoms with Crippen molar-refractivity contribution < 1.29 is 31.5 Å². The van der Waals surface area contributed by atoms with E-state index in [2.05, 4.69) is 15.0 Å². The molecule has 2 unspecified atom stereocenters. The predicted octanol–water partition coefficient (Wildman–Crippen LogP) is 4.36. The topological polar surface area (TPSA) is 81.4 Å². The molecule has 2 atom stereocenters. The lowest BCUT2D eigenvalue weighted by Crippen LogP contribution is -2.51. The summed E-state index contributed by atoms with van der Waals surface area (Å²) >= 11 is 0. The molecule has 3 heterocycles. The van der Waals surface area contributed by atoms with E-state index in [0.29, 0.717) is 31.1 Å². The molecule has 2 aromatic heterocycles. The minimum absolute atomic E-state index is 0.0737. The van der Waals surface area contributed by atoms with Gasteiger partial charge in [0.2, 0.25) is 11.8 Å². The number of halogens is 4. The minimum atomic E-state index is -4.60. The van der Waals surface area contributed by atoms with Crippen LogP contribution in [0.1, 0.15) is 35.8 Å². The Labute approximate surface area is 180 Å². The molecule has 0 bridgehead atoms. The molecule has 7 nitrogen and oxygen atoms in total. The third-order valence-electron chi connectivity index (χ3n) is 5.24. The molecule has 0 aliphatic carbocycles. The number of oxazole rings is 1. The van der Waals surface area contributed by atoms with Crippen molar-refractivity contribution >= 4 is 5.91 Å². The molecule has 1 saturated heterocycles. The lowest BCUT2D eigenvalue weighted by molar-refractivity contribution is -0.141. The first kappa shape index (κ1) is 21.7. The zero-order valence-corrected chi connectivity index (χ0v) is 16.8.